The Labute approximate surface area is 242 Å². The third-order valence-corrected chi connectivity index (χ3v) is 6.63. The number of aromatic nitrogens is 3. The van der Waals surface area contributed by atoms with E-state index in [1.807, 2.05) is 12.1 Å². The van der Waals surface area contributed by atoms with Crippen molar-refractivity contribution in [3.63, 3.8) is 0 Å². The standard InChI is InChI=1S/C31H33FN6O4/c1-31(2,3)21-11-7-18(8-12-21)28(40)35-24-15-19(9-13-22(24)32)23-16-25(29(41)38(6)36-23)34-26-14-10-20(17-33-26)27(39)30(42)37(4)5/h7-17,27,39H,1-6H3,(H,33,34)(H,35,40)/t27-/m1/s1. The summed E-state index contributed by atoms with van der Waals surface area (Å²) in [6.07, 6.45) is -0.0231. The molecule has 218 valence electrons. The molecular formula is C31H33FN6O4. The molecule has 1 atom stereocenters. The Morgan fingerprint density at radius 3 is 2.29 bits per heavy atom. The van der Waals surface area contributed by atoms with Crippen LogP contribution in [0.4, 0.5) is 21.6 Å². The molecule has 0 bridgehead atoms. The molecule has 0 saturated heterocycles. The number of anilines is 3. The first kappa shape index (κ1) is 30.1. The van der Waals surface area contributed by atoms with Gasteiger partial charge in [-0.05, 0) is 53.4 Å². The van der Waals surface area contributed by atoms with E-state index in [1.54, 1.807) is 12.1 Å². The lowest BCUT2D eigenvalue weighted by Crippen LogP contribution is -2.28. The number of rotatable bonds is 7. The summed E-state index contributed by atoms with van der Waals surface area (Å²) in [5, 5.41) is 20.1. The van der Waals surface area contributed by atoms with Crippen LogP contribution in [-0.4, -0.2) is 50.7 Å². The molecule has 3 N–H and O–H groups in total. The second-order valence-electron chi connectivity index (χ2n) is 11.1. The summed E-state index contributed by atoms with van der Waals surface area (Å²) in [6.45, 7) is 6.22. The van der Waals surface area contributed by atoms with E-state index < -0.39 is 29.3 Å². The van der Waals surface area contributed by atoms with E-state index in [-0.39, 0.29) is 16.8 Å². The van der Waals surface area contributed by atoms with Gasteiger partial charge in [-0.2, -0.15) is 5.10 Å². The van der Waals surface area contributed by atoms with E-state index in [1.165, 1.54) is 68.6 Å². The second-order valence-corrected chi connectivity index (χ2v) is 11.1. The normalized spacial score (nSPS) is 12.0. The van der Waals surface area contributed by atoms with Crippen LogP contribution in [-0.2, 0) is 17.3 Å². The Morgan fingerprint density at radius 1 is 1.00 bits per heavy atom. The van der Waals surface area contributed by atoms with Gasteiger partial charge in [0.2, 0.25) is 0 Å². The maximum absolute atomic E-state index is 14.7. The fourth-order valence-corrected chi connectivity index (χ4v) is 4.10. The van der Waals surface area contributed by atoms with E-state index in [0.717, 1.165) is 10.2 Å². The summed E-state index contributed by atoms with van der Waals surface area (Å²) < 4.78 is 15.9. The summed E-state index contributed by atoms with van der Waals surface area (Å²) in [5.41, 5.74) is 2.15. The molecule has 42 heavy (non-hydrogen) atoms. The Morgan fingerprint density at radius 2 is 1.69 bits per heavy atom. The Bertz CT molecular complexity index is 1680. The van der Waals surface area contributed by atoms with Crippen LogP contribution in [0.25, 0.3) is 11.3 Å². The van der Waals surface area contributed by atoms with Gasteiger partial charge in [-0.1, -0.05) is 39.0 Å². The number of aliphatic hydroxyl groups is 1. The van der Waals surface area contributed by atoms with Crippen LogP contribution in [0.15, 0.2) is 71.7 Å². The minimum atomic E-state index is -1.36. The molecule has 0 fully saturated rings. The van der Waals surface area contributed by atoms with Gasteiger partial charge in [0, 0.05) is 44.0 Å². The summed E-state index contributed by atoms with van der Waals surface area (Å²) in [6, 6.07) is 15.9. The molecule has 2 heterocycles. The predicted octanol–water partition coefficient (Wildman–Crippen LogP) is 4.40. The number of hydrogen-bond acceptors (Lipinski definition) is 7. The number of carbonyl (C=O) groups excluding carboxylic acids is 2. The molecule has 2 amide bonds. The van der Waals surface area contributed by atoms with Gasteiger partial charge in [0.15, 0.2) is 6.10 Å². The van der Waals surface area contributed by atoms with Gasteiger partial charge in [-0.25, -0.2) is 14.1 Å². The van der Waals surface area contributed by atoms with Crippen molar-refractivity contribution in [3.05, 3.63) is 99.7 Å². The highest BCUT2D eigenvalue weighted by atomic mass is 19.1. The number of halogens is 1. The molecule has 0 radical (unpaired) electrons. The highest BCUT2D eigenvalue weighted by Gasteiger charge is 2.20. The van der Waals surface area contributed by atoms with E-state index in [0.29, 0.717) is 28.2 Å². The van der Waals surface area contributed by atoms with Crippen molar-refractivity contribution in [3.8, 4) is 11.3 Å². The van der Waals surface area contributed by atoms with Crippen molar-refractivity contribution in [2.75, 3.05) is 24.7 Å². The Kier molecular flexibility index (Phi) is 8.53. The lowest BCUT2D eigenvalue weighted by molar-refractivity contribution is -0.137. The van der Waals surface area contributed by atoms with Crippen molar-refractivity contribution in [1.29, 1.82) is 0 Å². The van der Waals surface area contributed by atoms with Crippen LogP contribution < -0.4 is 16.2 Å². The number of carbonyl (C=O) groups is 2. The molecule has 2 aromatic carbocycles. The van der Waals surface area contributed by atoms with Gasteiger partial charge in [0.25, 0.3) is 17.4 Å². The number of aliphatic hydroxyl groups excluding tert-OH is 1. The molecule has 11 heteroatoms. The van der Waals surface area contributed by atoms with Crippen LogP contribution in [0.1, 0.15) is 48.4 Å². The number of likely N-dealkylation sites (N-methyl/N-ethyl adjacent to an activating group) is 1. The smallest absolute Gasteiger partial charge is 0.290 e. The summed E-state index contributed by atoms with van der Waals surface area (Å²) >= 11 is 0. The van der Waals surface area contributed by atoms with Gasteiger partial charge in [0.1, 0.15) is 17.3 Å². The lowest BCUT2D eigenvalue weighted by Gasteiger charge is -2.19. The SMILES string of the molecule is CN(C)C(=O)[C@H](O)c1ccc(Nc2cc(-c3ccc(F)c(NC(=O)c4ccc(C(C)(C)C)cc4)c3)nn(C)c2=O)nc1. The molecule has 0 unspecified atom stereocenters. The zero-order valence-electron chi connectivity index (χ0n) is 24.3. The minimum absolute atomic E-state index is 0.0364. The molecule has 0 aliphatic rings. The quantitative estimate of drug-likeness (QED) is 0.299. The summed E-state index contributed by atoms with van der Waals surface area (Å²) in [5.74, 6) is -1.28. The maximum atomic E-state index is 14.7. The second kappa shape index (κ2) is 11.9. The highest BCUT2D eigenvalue weighted by Crippen LogP contribution is 2.27. The van der Waals surface area contributed by atoms with Crippen LogP contribution in [0.5, 0.6) is 0 Å². The summed E-state index contributed by atoms with van der Waals surface area (Å²) in [7, 11) is 4.55. The van der Waals surface area contributed by atoms with Crippen LogP contribution in [0, 0.1) is 5.82 Å². The number of nitrogens with zero attached hydrogens (tertiary/aromatic N) is 4. The van der Waals surface area contributed by atoms with Crippen molar-refractivity contribution in [2.24, 2.45) is 7.05 Å². The first-order valence-corrected chi connectivity index (χ1v) is 13.2. The van der Waals surface area contributed by atoms with Gasteiger partial charge in [-0.3, -0.25) is 14.4 Å². The first-order chi connectivity index (χ1) is 19.7. The van der Waals surface area contributed by atoms with Gasteiger partial charge in [-0.15, -0.1) is 0 Å². The van der Waals surface area contributed by atoms with E-state index in [9.17, 15) is 23.9 Å². The van der Waals surface area contributed by atoms with Crippen molar-refractivity contribution in [2.45, 2.75) is 32.3 Å². The van der Waals surface area contributed by atoms with Crippen LogP contribution in [0.2, 0.25) is 0 Å². The van der Waals surface area contributed by atoms with E-state index >= 15 is 0 Å². The fourth-order valence-electron chi connectivity index (χ4n) is 4.10. The summed E-state index contributed by atoms with van der Waals surface area (Å²) in [4.78, 5) is 43.2. The highest BCUT2D eigenvalue weighted by molar-refractivity contribution is 6.04. The Hall–Kier alpha value is -4.90. The average molecular weight is 573 g/mol. The number of benzene rings is 2. The number of nitrogens with one attached hydrogen (secondary N) is 2. The third kappa shape index (κ3) is 6.69. The van der Waals surface area contributed by atoms with Gasteiger partial charge < -0.3 is 20.6 Å². The van der Waals surface area contributed by atoms with Crippen molar-refractivity contribution < 1.29 is 19.1 Å². The van der Waals surface area contributed by atoms with E-state index in [4.69, 9.17) is 0 Å². The Balaban J connectivity index is 1.57. The molecular weight excluding hydrogens is 539 g/mol. The molecule has 0 aliphatic carbocycles. The fraction of sp³-hybridized carbons (Fsp3) is 0.258. The minimum Gasteiger partial charge on any atom is -0.378 e. The molecule has 0 saturated carbocycles. The topological polar surface area (TPSA) is 129 Å². The largest absolute Gasteiger partial charge is 0.378 e. The van der Waals surface area contributed by atoms with Crippen LogP contribution in [0.3, 0.4) is 0 Å². The average Bonchev–Trinajstić information content (AvgIpc) is 2.95. The monoisotopic (exact) mass is 572 g/mol. The zero-order chi connectivity index (χ0) is 30.8. The molecule has 0 spiro atoms. The first-order valence-electron chi connectivity index (χ1n) is 13.2. The molecule has 0 aliphatic heterocycles. The number of hydrogen-bond donors (Lipinski definition) is 3. The third-order valence-electron chi connectivity index (χ3n) is 6.63. The number of pyridine rings is 1. The van der Waals surface area contributed by atoms with Crippen molar-refractivity contribution in [1.82, 2.24) is 19.7 Å². The number of amides is 2. The number of aryl methyl sites for hydroxylation is 1. The molecule has 2 aromatic heterocycles. The van der Waals surface area contributed by atoms with Gasteiger partial charge in [0.05, 0.1) is 11.4 Å². The molecule has 10 nitrogen and oxygen atoms in total. The maximum Gasteiger partial charge on any atom is 0.290 e. The lowest BCUT2D eigenvalue weighted by atomic mass is 9.87. The van der Waals surface area contributed by atoms with Gasteiger partial charge >= 0.3 is 0 Å². The molecule has 4 aromatic rings. The molecule has 4 rings (SSSR count). The van der Waals surface area contributed by atoms with E-state index in [2.05, 4.69) is 41.5 Å². The van der Waals surface area contributed by atoms with Crippen LogP contribution >= 0.6 is 0 Å². The zero-order valence-corrected chi connectivity index (χ0v) is 24.3. The predicted molar refractivity (Wildman–Crippen MR) is 159 cm³/mol. The van der Waals surface area contributed by atoms with Crippen molar-refractivity contribution >= 4 is 29.0 Å².